The quantitative estimate of drug-likeness (QED) is 0.333. The fourth-order valence-electron chi connectivity index (χ4n) is 2.92. The fraction of sp³-hybridized carbons (Fsp3) is 0.174. The summed E-state index contributed by atoms with van der Waals surface area (Å²) in [4.78, 5) is 12.6. The van der Waals surface area contributed by atoms with Gasteiger partial charge in [0.15, 0.2) is 16.6 Å². The van der Waals surface area contributed by atoms with Gasteiger partial charge in [0.25, 0.3) is 15.9 Å². The van der Waals surface area contributed by atoms with Crippen LogP contribution in [0.2, 0.25) is 0 Å². The lowest BCUT2D eigenvalue weighted by Crippen LogP contribution is -2.17. The summed E-state index contributed by atoms with van der Waals surface area (Å²) in [5.41, 5.74) is 0.799. The molecule has 0 aliphatic rings. The predicted octanol–water partition coefficient (Wildman–Crippen LogP) is 3.41. The van der Waals surface area contributed by atoms with E-state index in [0.29, 0.717) is 11.5 Å². The number of furan rings is 1. The summed E-state index contributed by atoms with van der Waals surface area (Å²) in [6, 6.07) is 12.9. The molecule has 0 radical (unpaired) electrons. The zero-order valence-corrected chi connectivity index (χ0v) is 19.7. The van der Waals surface area contributed by atoms with Crippen LogP contribution in [-0.4, -0.2) is 48.8 Å². The first-order valence-corrected chi connectivity index (χ1v) is 11.8. The van der Waals surface area contributed by atoms with Gasteiger partial charge in [-0.05, 0) is 42.8 Å². The maximum Gasteiger partial charge on any atom is 0.280 e. The number of ether oxygens (including phenoxy) is 3. The Hall–Kier alpha value is -4.16. The molecule has 0 bridgehead atoms. The van der Waals surface area contributed by atoms with E-state index in [4.69, 9.17) is 18.6 Å². The highest BCUT2D eigenvalue weighted by Gasteiger charge is 2.26. The van der Waals surface area contributed by atoms with Gasteiger partial charge in [0.1, 0.15) is 18.1 Å². The van der Waals surface area contributed by atoms with Gasteiger partial charge in [-0.1, -0.05) is 12.1 Å². The highest BCUT2D eigenvalue weighted by Crippen LogP contribution is 2.39. The zero-order chi connectivity index (χ0) is 24.8. The van der Waals surface area contributed by atoms with Crippen molar-refractivity contribution >= 4 is 15.8 Å². The van der Waals surface area contributed by atoms with E-state index in [1.807, 2.05) is 0 Å². The summed E-state index contributed by atoms with van der Waals surface area (Å²) >= 11 is 0. The van der Waals surface area contributed by atoms with E-state index in [-0.39, 0.29) is 47.3 Å². The third kappa shape index (κ3) is 5.67. The van der Waals surface area contributed by atoms with Gasteiger partial charge in [0.2, 0.25) is 11.6 Å². The maximum atomic E-state index is 13.1. The van der Waals surface area contributed by atoms with Crippen molar-refractivity contribution in [3.63, 3.8) is 0 Å². The number of aliphatic hydroxyl groups excluding tert-OH is 1. The minimum atomic E-state index is -4.17. The number of anilines is 1. The Morgan fingerprint density at radius 3 is 2.60 bits per heavy atom. The lowest BCUT2D eigenvalue weighted by Gasteiger charge is -2.17. The molecule has 0 spiro atoms. The number of pyridine rings is 1. The Morgan fingerprint density at radius 2 is 1.91 bits per heavy atom. The van der Waals surface area contributed by atoms with Crippen LogP contribution in [0, 0.1) is 6.92 Å². The van der Waals surface area contributed by atoms with Crippen molar-refractivity contribution in [2.24, 2.45) is 0 Å². The summed E-state index contributed by atoms with van der Waals surface area (Å²) in [6.07, 6.45) is 2.86. The van der Waals surface area contributed by atoms with Gasteiger partial charge in [-0.25, -0.2) is 9.97 Å². The van der Waals surface area contributed by atoms with E-state index in [1.165, 1.54) is 25.6 Å². The van der Waals surface area contributed by atoms with E-state index in [9.17, 15) is 13.5 Å². The Labute approximate surface area is 201 Å². The first-order valence-electron chi connectivity index (χ1n) is 10.4. The normalized spacial score (nSPS) is 11.2. The van der Waals surface area contributed by atoms with E-state index in [2.05, 4.69) is 19.7 Å². The number of benzene rings is 1. The molecule has 0 atom stereocenters. The zero-order valence-electron chi connectivity index (χ0n) is 18.8. The van der Waals surface area contributed by atoms with Crippen LogP contribution < -0.4 is 18.9 Å². The first kappa shape index (κ1) is 24.0. The number of rotatable bonds is 10. The number of hydrogen-bond acceptors (Lipinski definition) is 10. The van der Waals surface area contributed by atoms with Gasteiger partial charge in [-0.2, -0.15) is 13.4 Å². The van der Waals surface area contributed by atoms with Crippen LogP contribution in [0.3, 0.4) is 0 Å². The van der Waals surface area contributed by atoms with Crippen LogP contribution in [0.5, 0.6) is 23.1 Å². The summed E-state index contributed by atoms with van der Waals surface area (Å²) in [5, 5.41) is 9.08. The Bertz CT molecular complexity index is 1390. The lowest BCUT2D eigenvalue weighted by atomic mass is 10.3. The maximum absolute atomic E-state index is 13.1. The molecular weight excluding hydrogens is 476 g/mol. The molecule has 0 aliphatic carbocycles. The molecule has 0 aliphatic heterocycles. The van der Waals surface area contributed by atoms with Crippen LogP contribution in [0.1, 0.15) is 5.56 Å². The molecule has 2 N–H and O–H groups in total. The Morgan fingerprint density at radius 1 is 1.09 bits per heavy atom. The van der Waals surface area contributed by atoms with Crippen molar-refractivity contribution in [3.05, 3.63) is 66.6 Å². The largest absolute Gasteiger partial charge is 0.497 e. The summed E-state index contributed by atoms with van der Waals surface area (Å²) in [6.45, 7) is 1.35. The monoisotopic (exact) mass is 498 g/mol. The second-order valence-corrected chi connectivity index (χ2v) is 8.77. The topological polar surface area (TPSA) is 146 Å². The average Bonchev–Trinajstić information content (AvgIpc) is 3.39. The summed E-state index contributed by atoms with van der Waals surface area (Å²) in [5.74, 6) is 0.664. The minimum Gasteiger partial charge on any atom is -0.497 e. The van der Waals surface area contributed by atoms with Gasteiger partial charge in [-0.15, -0.1) is 0 Å². The van der Waals surface area contributed by atoms with Crippen LogP contribution in [0.25, 0.3) is 11.6 Å². The third-order valence-corrected chi connectivity index (χ3v) is 5.81. The number of sulfonamides is 1. The first-order chi connectivity index (χ1) is 16.9. The highest BCUT2D eigenvalue weighted by molar-refractivity contribution is 7.92. The minimum absolute atomic E-state index is 0.0375. The van der Waals surface area contributed by atoms with Gasteiger partial charge in [0, 0.05) is 12.3 Å². The number of hydrogen-bond donors (Lipinski definition) is 2. The van der Waals surface area contributed by atoms with Gasteiger partial charge in [0.05, 0.1) is 20.0 Å². The second kappa shape index (κ2) is 10.4. The molecule has 0 amide bonds. The molecule has 0 unspecified atom stereocenters. The van der Waals surface area contributed by atoms with E-state index in [1.54, 1.807) is 49.4 Å². The summed E-state index contributed by atoms with van der Waals surface area (Å²) in [7, 11) is -2.67. The fourth-order valence-corrected chi connectivity index (χ4v) is 3.86. The van der Waals surface area contributed by atoms with Crippen LogP contribution in [0.15, 0.2) is 70.4 Å². The molecule has 182 valence electrons. The van der Waals surface area contributed by atoms with Crippen molar-refractivity contribution in [1.29, 1.82) is 0 Å². The number of methoxy groups -OCH3 is 1. The molecular formula is C23H22N4O7S. The third-order valence-electron chi connectivity index (χ3n) is 4.56. The Balaban J connectivity index is 1.84. The number of nitrogens with one attached hydrogen (secondary N) is 1. The van der Waals surface area contributed by atoms with Crippen molar-refractivity contribution in [2.75, 3.05) is 25.0 Å². The molecule has 12 heteroatoms. The summed E-state index contributed by atoms with van der Waals surface area (Å²) < 4.78 is 50.8. The molecule has 35 heavy (non-hydrogen) atoms. The highest BCUT2D eigenvalue weighted by atomic mass is 32.2. The van der Waals surface area contributed by atoms with Crippen LogP contribution >= 0.6 is 0 Å². The van der Waals surface area contributed by atoms with Crippen LogP contribution in [0.4, 0.5) is 5.82 Å². The van der Waals surface area contributed by atoms with Crippen molar-refractivity contribution in [3.8, 4) is 34.7 Å². The predicted molar refractivity (Wildman–Crippen MR) is 125 cm³/mol. The lowest BCUT2D eigenvalue weighted by molar-refractivity contribution is 0.192. The van der Waals surface area contributed by atoms with Gasteiger partial charge in [-0.3, -0.25) is 4.72 Å². The molecule has 0 saturated heterocycles. The molecule has 11 nitrogen and oxygen atoms in total. The molecule has 1 aromatic carbocycles. The van der Waals surface area contributed by atoms with Gasteiger partial charge >= 0.3 is 0 Å². The average molecular weight is 499 g/mol. The van der Waals surface area contributed by atoms with Crippen molar-refractivity contribution in [1.82, 2.24) is 15.0 Å². The van der Waals surface area contributed by atoms with E-state index >= 15 is 0 Å². The van der Waals surface area contributed by atoms with E-state index < -0.39 is 10.0 Å². The van der Waals surface area contributed by atoms with Gasteiger partial charge < -0.3 is 23.7 Å². The molecule has 0 saturated carbocycles. The number of aryl methyl sites for hydroxylation is 1. The molecule has 4 aromatic rings. The SMILES string of the molecule is COc1cccc(Oc2c(NS(=O)(=O)c3ccc(C)cn3)nc(-c3ccco3)nc2OCCO)c1. The number of aliphatic hydroxyl groups is 1. The molecule has 3 heterocycles. The number of nitrogens with zero attached hydrogens (tertiary/aromatic N) is 3. The smallest absolute Gasteiger partial charge is 0.280 e. The Kier molecular flexibility index (Phi) is 7.13. The van der Waals surface area contributed by atoms with Crippen molar-refractivity contribution < 1.29 is 32.2 Å². The van der Waals surface area contributed by atoms with Crippen molar-refractivity contribution in [2.45, 2.75) is 11.9 Å². The van der Waals surface area contributed by atoms with Crippen LogP contribution in [-0.2, 0) is 10.0 Å². The molecule has 3 aromatic heterocycles. The second-order valence-electron chi connectivity index (χ2n) is 7.14. The van der Waals surface area contributed by atoms with E-state index in [0.717, 1.165) is 5.56 Å². The molecule has 0 fully saturated rings. The molecule has 4 rings (SSSR count). The standard InChI is InChI=1S/C23H22N4O7S/c1-15-8-9-19(24-14-15)35(29,30)27-22-20(34-17-6-3-5-16(13-17)31-2)23(33-12-10-28)26-21(25-22)18-7-4-11-32-18/h3-9,11,13-14,28H,10,12H2,1-2H3,(H,25,26,27). The number of aromatic nitrogens is 3.